The Morgan fingerprint density at radius 2 is 2.33 bits per heavy atom. The van der Waals surface area contributed by atoms with Crippen molar-refractivity contribution in [2.45, 2.75) is 39.3 Å². The Morgan fingerprint density at radius 1 is 1.53 bits per heavy atom. The first-order valence-electron chi connectivity index (χ1n) is 5.44. The van der Waals surface area contributed by atoms with E-state index in [4.69, 9.17) is 4.74 Å². The van der Waals surface area contributed by atoms with Crippen LogP contribution in [-0.2, 0) is 11.3 Å². The highest BCUT2D eigenvalue weighted by Gasteiger charge is 2.29. The van der Waals surface area contributed by atoms with Gasteiger partial charge in [0.1, 0.15) is 0 Å². The molecule has 4 heteroatoms. The lowest BCUT2D eigenvalue weighted by atomic mass is 10.0. The number of ether oxygens (including phenoxy) is 1. The third-order valence-electron chi connectivity index (χ3n) is 3.19. The summed E-state index contributed by atoms with van der Waals surface area (Å²) in [7, 11) is 0. The van der Waals surface area contributed by atoms with Crippen LogP contribution in [0, 0.1) is 13.8 Å². The van der Waals surface area contributed by atoms with Crippen LogP contribution in [0.15, 0.2) is 0 Å². The summed E-state index contributed by atoms with van der Waals surface area (Å²) in [4.78, 5) is 0. The first-order chi connectivity index (χ1) is 7.11. The minimum atomic E-state index is 0.135. The van der Waals surface area contributed by atoms with Gasteiger partial charge in [-0.15, -0.1) is 0 Å². The summed E-state index contributed by atoms with van der Waals surface area (Å²) in [5.41, 5.74) is 3.66. The molecule has 0 saturated carbocycles. The second kappa shape index (κ2) is 3.94. The summed E-state index contributed by atoms with van der Waals surface area (Å²) in [6, 6.07) is 0. The molecule has 1 aromatic heterocycles. The van der Waals surface area contributed by atoms with Crippen LogP contribution in [0.2, 0.25) is 0 Å². The minimum absolute atomic E-state index is 0.135. The first kappa shape index (κ1) is 10.6. The molecule has 1 unspecified atom stereocenters. The van der Waals surface area contributed by atoms with Gasteiger partial charge in [-0.1, -0.05) is 0 Å². The van der Waals surface area contributed by atoms with Crippen LogP contribution in [0.25, 0.3) is 0 Å². The highest BCUT2D eigenvalue weighted by Crippen LogP contribution is 2.19. The van der Waals surface area contributed by atoms with E-state index in [0.717, 1.165) is 37.6 Å². The molecule has 15 heavy (non-hydrogen) atoms. The Kier molecular flexibility index (Phi) is 2.80. The molecule has 1 aromatic rings. The summed E-state index contributed by atoms with van der Waals surface area (Å²) < 4.78 is 5.40. The molecule has 84 valence electrons. The number of hydrogen-bond acceptors (Lipinski definition) is 3. The van der Waals surface area contributed by atoms with Crippen molar-refractivity contribution in [3.63, 3.8) is 0 Å². The average Bonchev–Trinajstić information content (AvgIpc) is 2.74. The van der Waals surface area contributed by atoms with Crippen LogP contribution in [0.4, 0.5) is 0 Å². The molecular formula is C11H19N3O. The summed E-state index contributed by atoms with van der Waals surface area (Å²) in [6.45, 7) is 8.85. The standard InChI is InChI=1S/C11H19N3O/c1-8-10(9(2)14-13-8)6-12-11(3)4-5-15-7-11/h12H,4-7H2,1-3H3,(H,13,14). The molecule has 0 radical (unpaired) electrons. The van der Waals surface area contributed by atoms with Crippen molar-refractivity contribution in [1.29, 1.82) is 0 Å². The van der Waals surface area contributed by atoms with Gasteiger partial charge in [0.15, 0.2) is 0 Å². The zero-order chi connectivity index (χ0) is 10.9. The Balaban J connectivity index is 1.98. The Bertz CT molecular complexity index is 320. The third-order valence-corrected chi connectivity index (χ3v) is 3.19. The second-order valence-corrected chi connectivity index (χ2v) is 4.63. The molecule has 0 bridgehead atoms. The van der Waals surface area contributed by atoms with Crippen molar-refractivity contribution >= 4 is 0 Å². The first-order valence-corrected chi connectivity index (χ1v) is 5.44. The van der Waals surface area contributed by atoms with Gasteiger partial charge in [0.25, 0.3) is 0 Å². The molecule has 2 N–H and O–H groups in total. The van der Waals surface area contributed by atoms with E-state index in [9.17, 15) is 0 Å². The van der Waals surface area contributed by atoms with Gasteiger partial charge in [0.2, 0.25) is 0 Å². The molecule has 0 spiro atoms. The highest BCUT2D eigenvalue weighted by atomic mass is 16.5. The number of nitrogens with zero attached hydrogens (tertiary/aromatic N) is 1. The molecule has 0 amide bonds. The molecule has 0 aliphatic carbocycles. The van der Waals surface area contributed by atoms with Gasteiger partial charge in [-0.2, -0.15) is 5.10 Å². The largest absolute Gasteiger partial charge is 0.379 e. The maximum Gasteiger partial charge on any atom is 0.0646 e. The maximum absolute atomic E-state index is 5.40. The van der Waals surface area contributed by atoms with Gasteiger partial charge < -0.3 is 10.1 Å². The van der Waals surface area contributed by atoms with Gasteiger partial charge in [0.05, 0.1) is 12.3 Å². The van der Waals surface area contributed by atoms with Gasteiger partial charge in [-0.05, 0) is 27.2 Å². The van der Waals surface area contributed by atoms with Crippen molar-refractivity contribution in [2.75, 3.05) is 13.2 Å². The molecule has 1 aliphatic heterocycles. The van der Waals surface area contributed by atoms with Crippen LogP contribution < -0.4 is 5.32 Å². The quantitative estimate of drug-likeness (QED) is 0.788. The Morgan fingerprint density at radius 3 is 2.87 bits per heavy atom. The van der Waals surface area contributed by atoms with E-state index in [1.807, 2.05) is 6.92 Å². The fourth-order valence-electron chi connectivity index (χ4n) is 1.94. The smallest absolute Gasteiger partial charge is 0.0646 e. The van der Waals surface area contributed by atoms with Crippen LogP contribution in [-0.4, -0.2) is 29.0 Å². The fourth-order valence-corrected chi connectivity index (χ4v) is 1.94. The molecule has 1 fully saturated rings. The molecule has 4 nitrogen and oxygen atoms in total. The average molecular weight is 209 g/mol. The maximum atomic E-state index is 5.40. The van der Waals surface area contributed by atoms with E-state index in [2.05, 4.69) is 29.4 Å². The van der Waals surface area contributed by atoms with Crippen LogP contribution in [0.5, 0.6) is 0 Å². The molecule has 0 aromatic carbocycles. The third kappa shape index (κ3) is 2.21. The highest BCUT2D eigenvalue weighted by molar-refractivity contribution is 5.23. The lowest BCUT2D eigenvalue weighted by Gasteiger charge is -2.23. The van der Waals surface area contributed by atoms with Crippen molar-refractivity contribution in [2.24, 2.45) is 0 Å². The lowest BCUT2D eigenvalue weighted by molar-refractivity contribution is 0.171. The number of nitrogens with one attached hydrogen (secondary N) is 2. The van der Waals surface area contributed by atoms with Crippen LogP contribution in [0.3, 0.4) is 0 Å². The monoisotopic (exact) mass is 209 g/mol. The lowest BCUT2D eigenvalue weighted by Crippen LogP contribution is -2.42. The minimum Gasteiger partial charge on any atom is -0.379 e. The zero-order valence-corrected chi connectivity index (χ0v) is 9.68. The molecule has 1 saturated heterocycles. The van der Waals surface area contributed by atoms with E-state index >= 15 is 0 Å². The number of aryl methyl sites for hydroxylation is 2. The molecule has 2 rings (SSSR count). The van der Waals surface area contributed by atoms with Gasteiger partial charge in [0, 0.05) is 29.9 Å². The number of hydrogen-bond donors (Lipinski definition) is 2. The summed E-state index contributed by atoms with van der Waals surface area (Å²) in [6.07, 6.45) is 1.09. The van der Waals surface area contributed by atoms with Crippen molar-refractivity contribution in [1.82, 2.24) is 15.5 Å². The zero-order valence-electron chi connectivity index (χ0n) is 9.68. The summed E-state index contributed by atoms with van der Waals surface area (Å²) >= 11 is 0. The van der Waals surface area contributed by atoms with Gasteiger partial charge >= 0.3 is 0 Å². The van der Waals surface area contributed by atoms with E-state index < -0.39 is 0 Å². The van der Waals surface area contributed by atoms with Crippen LogP contribution >= 0.6 is 0 Å². The molecular weight excluding hydrogens is 190 g/mol. The number of aromatic nitrogens is 2. The van der Waals surface area contributed by atoms with Crippen molar-refractivity contribution in [3.05, 3.63) is 17.0 Å². The van der Waals surface area contributed by atoms with E-state index in [1.165, 1.54) is 5.56 Å². The van der Waals surface area contributed by atoms with Crippen molar-refractivity contribution in [3.8, 4) is 0 Å². The fraction of sp³-hybridized carbons (Fsp3) is 0.727. The van der Waals surface area contributed by atoms with Crippen LogP contribution in [0.1, 0.15) is 30.3 Å². The predicted octanol–water partition coefficient (Wildman–Crippen LogP) is 1.30. The van der Waals surface area contributed by atoms with E-state index in [1.54, 1.807) is 0 Å². The van der Waals surface area contributed by atoms with Gasteiger partial charge in [-0.25, -0.2) is 0 Å². The number of rotatable bonds is 3. The van der Waals surface area contributed by atoms with E-state index in [-0.39, 0.29) is 5.54 Å². The molecule has 1 atom stereocenters. The topological polar surface area (TPSA) is 49.9 Å². The molecule has 1 aliphatic rings. The molecule has 2 heterocycles. The second-order valence-electron chi connectivity index (χ2n) is 4.63. The van der Waals surface area contributed by atoms with E-state index in [0.29, 0.717) is 0 Å². The summed E-state index contributed by atoms with van der Waals surface area (Å²) in [5, 5.41) is 10.7. The normalized spacial score (nSPS) is 26.1. The Labute approximate surface area is 90.4 Å². The number of aromatic amines is 1. The van der Waals surface area contributed by atoms with Crippen molar-refractivity contribution < 1.29 is 4.74 Å². The predicted molar refractivity (Wildman–Crippen MR) is 58.7 cm³/mol. The summed E-state index contributed by atoms with van der Waals surface area (Å²) in [5.74, 6) is 0. The Hall–Kier alpha value is -0.870. The SMILES string of the molecule is Cc1n[nH]c(C)c1CNC1(C)CCOC1. The number of H-pyrrole nitrogens is 1. The van der Waals surface area contributed by atoms with Gasteiger partial charge in [-0.3, -0.25) is 5.10 Å².